The van der Waals surface area contributed by atoms with Crippen molar-refractivity contribution in [3.63, 3.8) is 0 Å². The number of allylic oxidation sites excluding steroid dienone is 1. The number of methoxy groups -OCH3 is 2. The Morgan fingerprint density at radius 2 is 1.83 bits per heavy atom. The van der Waals surface area contributed by atoms with E-state index >= 15 is 0 Å². The first kappa shape index (κ1) is 20.6. The highest BCUT2D eigenvalue weighted by Gasteiger charge is 2.33. The van der Waals surface area contributed by atoms with Crippen molar-refractivity contribution in [3.05, 3.63) is 75.7 Å². The van der Waals surface area contributed by atoms with Crippen molar-refractivity contribution in [1.29, 1.82) is 0 Å². The minimum absolute atomic E-state index is 0.0789. The van der Waals surface area contributed by atoms with E-state index < -0.39 is 17.9 Å². The number of esters is 2. The van der Waals surface area contributed by atoms with Crippen molar-refractivity contribution >= 4 is 23.7 Å². The van der Waals surface area contributed by atoms with Gasteiger partial charge in [0.25, 0.3) is 5.56 Å². The van der Waals surface area contributed by atoms with Gasteiger partial charge in [-0.3, -0.25) is 9.36 Å². The Morgan fingerprint density at radius 1 is 1.14 bits per heavy atom. The molecule has 0 radical (unpaired) electrons. The lowest BCUT2D eigenvalue weighted by atomic mass is 9.83. The molecule has 0 N–H and O–H groups in total. The number of hydrogen-bond donors (Lipinski definition) is 0. The summed E-state index contributed by atoms with van der Waals surface area (Å²) in [6.07, 6.45) is 6.91. The van der Waals surface area contributed by atoms with Crippen LogP contribution in [0.3, 0.4) is 0 Å². The van der Waals surface area contributed by atoms with Gasteiger partial charge in [0.15, 0.2) is 5.16 Å². The monoisotopic (exact) mass is 412 g/mol. The molecule has 1 aliphatic rings. The molecular formula is C21H20N2O5S. The van der Waals surface area contributed by atoms with E-state index in [-0.39, 0.29) is 16.7 Å². The molecule has 0 fully saturated rings. The van der Waals surface area contributed by atoms with Gasteiger partial charge >= 0.3 is 11.9 Å². The largest absolute Gasteiger partial charge is 0.466 e. The van der Waals surface area contributed by atoms with Crippen LogP contribution in [-0.2, 0) is 19.1 Å². The second-order valence-corrected chi connectivity index (χ2v) is 6.95. The molecule has 0 saturated carbocycles. The summed E-state index contributed by atoms with van der Waals surface area (Å²) in [5.74, 6) is -2.02. The maximum Gasteiger partial charge on any atom is 0.338 e. The number of hydrogen-bond acceptors (Lipinski definition) is 7. The molecule has 29 heavy (non-hydrogen) atoms. The number of carbonyl (C=O) groups is 2. The molecule has 8 heteroatoms. The van der Waals surface area contributed by atoms with Crippen LogP contribution in [0.1, 0.15) is 17.9 Å². The van der Waals surface area contributed by atoms with Crippen molar-refractivity contribution < 1.29 is 19.1 Å². The topological polar surface area (TPSA) is 87.5 Å². The minimum Gasteiger partial charge on any atom is -0.466 e. The van der Waals surface area contributed by atoms with E-state index in [2.05, 4.69) is 4.98 Å². The molecular weight excluding hydrogens is 392 g/mol. The number of carbonyl (C=O) groups excluding carboxylic acids is 2. The molecule has 0 saturated heterocycles. The van der Waals surface area contributed by atoms with Crippen LogP contribution in [0.2, 0.25) is 0 Å². The maximum absolute atomic E-state index is 13.4. The molecule has 0 amide bonds. The molecule has 7 nitrogen and oxygen atoms in total. The zero-order valence-electron chi connectivity index (χ0n) is 16.2. The number of benzene rings is 1. The van der Waals surface area contributed by atoms with Crippen LogP contribution in [0.15, 0.2) is 69.8 Å². The SMILES string of the molecule is COC(=O)C1=C(C(=O)OC)C(c2cnc(SC)n(-c3ccccc3)c2=O)CC=C1. The molecule has 1 aromatic carbocycles. The van der Waals surface area contributed by atoms with Gasteiger partial charge in [0.1, 0.15) is 0 Å². The van der Waals surface area contributed by atoms with Crippen LogP contribution in [0, 0.1) is 0 Å². The highest BCUT2D eigenvalue weighted by Crippen LogP contribution is 2.34. The molecule has 1 unspecified atom stereocenters. The Hall–Kier alpha value is -3.13. The van der Waals surface area contributed by atoms with Gasteiger partial charge in [-0.05, 0) is 24.8 Å². The van der Waals surface area contributed by atoms with Crippen molar-refractivity contribution in [2.45, 2.75) is 17.5 Å². The predicted molar refractivity (Wildman–Crippen MR) is 109 cm³/mol. The first-order valence-corrected chi connectivity index (χ1v) is 10.0. The predicted octanol–water partition coefficient (Wildman–Crippen LogP) is 2.64. The zero-order valence-corrected chi connectivity index (χ0v) is 17.1. The summed E-state index contributed by atoms with van der Waals surface area (Å²) in [5.41, 5.74) is 0.839. The summed E-state index contributed by atoms with van der Waals surface area (Å²) in [6, 6.07) is 9.14. The first-order valence-electron chi connectivity index (χ1n) is 8.82. The zero-order chi connectivity index (χ0) is 21.0. The van der Waals surface area contributed by atoms with Gasteiger partial charge in [-0.2, -0.15) is 0 Å². The van der Waals surface area contributed by atoms with Gasteiger partial charge < -0.3 is 9.47 Å². The number of nitrogens with zero attached hydrogens (tertiary/aromatic N) is 2. The van der Waals surface area contributed by atoms with Crippen LogP contribution in [0.5, 0.6) is 0 Å². The first-order chi connectivity index (χ1) is 14.0. The van der Waals surface area contributed by atoms with Gasteiger partial charge in [0.2, 0.25) is 0 Å². The van der Waals surface area contributed by atoms with Crippen LogP contribution in [-0.4, -0.2) is 42.0 Å². The van der Waals surface area contributed by atoms with E-state index in [4.69, 9.17) is 9.47 Å². The van der Waals surface area contributed by atoms with Crippen molar-refractivity contribution in [1.82, 2.24) is 9.55 Å². The second-order valence-electron chi connectivity index (χ2n) is 6.18. The molecule has 1 aromatic heterocycles. The van der Waals surface area contributed by atoms with Gasteiger partial charge in [0.05, 0.1) is 31.1 Å². The van der Waals surface area contributed by atoms with Gasteiger partial charge in [-0.25, -0.2) is 14.6 Å². The normalized spacial score (nSPS) is 15.9. The summed E-state index contributed by atoms with van der Waals surface area (Å²) in [6.45, 7) is 0. The highest BCUT2D eigenvalue weighted by atomic mass is 32.2. The molecule has 1 atom stereocenters. The molecule has 0 aliphatic heterocycles. The lowest BCUT2D eigenvalue weighted by Gasteiger charge is -2.23. The van der Waals surface area contributed by atoms with Gasteiger partial charge in [-0.15, -0.1) is 0 Å². The van der Waals surface area contributed by atoms with Gasteiger partial charge in [-0.1, -0.05) is 42.1 Å². The van der Waals surface area contributed by atoms with E-state index in [0.717, 1.165) is 0 Å². The van der Waals surface area contributed by atoms with Crippen LogP contribution in [0.25, 0.3) is 5.69 Å². The number of thioether (sulfide) groups is 1. The number of para-hydroxylation sites is 1. The summed E-state index contributed by atoms with van der Waals surface area (Å²) < 4.78 is 11.2. The third-order valence-electron chi connectivity index (χ3n) is 4.63. The van der Waals surface area contributed by atoms with Crippen LogP contribution >= 0.6 is 11.8 Å². The minimum atomic E-state index is -0.681. The van der Waals surface area contributed by atoms with Crippen LogP contribution in [0.4, 0.5) is 0 Å². The third-order valence-corrected chi connectivity index (χ3v) is 5.29. The Bertz CT molecular complexity index is 1060. The fourth-order valence-corrected chi connectivity index (χ4v) is 3.82. The molecule has 2 aromatic rings. The van der Waals surface area contributed by atoms with Crippen molar-refractivity contribution in [3.8, 4) is 5.69 Å². The number of rotatable bonds is 5. The molecule has 150 valence electrons. The fraction of sp³-hybridized carbons (Fsp3) is 0.238. The Balaban J connectivity index is 2.24. The maximum atomic E-state index is 13.4. The average molecular weight is 412 g/mol. The molecule has 0 spiro atoms. The van der Waals surface area contributed by atoms with Crippen LogP contribution < -0.4 is 5.56 Å². The van der Waals surface area contributed by atoms with Crippen molar-refractivity contribution in [2.24, 2.45) is 0 Å². The summed E-state index contributed by atoms with van der Waals surface area (Å²) in [5, 5.41) is 0.521. The summed E-state index contributed by atoms with van der Waals surface area (Å²) in [7, 11) is 2.47. The molecule has 3 rings (SSSR count). The average Bonchev–Trinajstić information content (AvgIpc) is 2.77. The van der Waals surface area contributed by atoms with E-state index in [9.17, 15) is 14.4 Å². The lowest BCUT2D eigenvalue weighted by Crippen LogP contribution is -2.30. The molecule has 1 heterocycles. The Kier molecular flexibility index (Phi) is 6.33. The highest BCUT2D eigenvalue weighted by molar-refractivity contribution is 7.98. The summed E-state index contributed by atoms with van der Waals surface area (Å²) >= 11 is 1.34. The lowest BCUT2D eigenvalue weighted by molar-refractivity contribution is -0.139. The van der Waals surface area contributed by atoms with E-state index in [1.807, 2.05) is 36.6 Å². The molecule has 0 bridgehead atoms. The summed E-state index contributed by atoms with van der Waals surface area (Å²) in [4.78, 5) is 42.6. The standard InChI is InChI=1S/C21H20N2O5S/c1-27-19(25)15-11-7-10-14(17(15)20(26)28-2)16-12-22-21(29-3)23(18(16)24)13-8-5-4-6-9-13/h4-9,11-12,14H,10H2,1-3H3. The van der Waals surface area contributed by atoms with E-state index in [1.165, 1.54) is 42.8 Å². The Labute approximate surface area is 172 Å². The van der Waals surface area contributed by atoms with Crippen molar-refractivity contribution in [2.75, 3.05) is 20.5 Å². The van der Waals surface area contributed by atoms with Gasteiger partial charge in [0, 0.05) is 17.7 Å². The van der Waals surface area contributed by atoms with E-state index in [0.29, 0.717) is 22.8 Å². The number of ether oxygens (including phenoxy) is 2. The third kappa shape index (κ3) is 3.88. The second kappa shape index (κ2) is 8.91. The van der Waals surface area contributed by atoms with E-state index in [1.54, 1.807) is 6.08 Å². The molecule has 1 aliphatic carbocycles. The Morgan fingerprint density at radius 3 is 2.45 bits per heavy atom. The number of aromatic nitrogens is 2. The fourth-order valence-electron chi connectivity index (χ4n) is 3.29. The quantitative estimate of drug-likeness (QED) is 0.424. The smallest absolute Gasteiger partial charge is 0.338 e.